The molecule has 8 heteroatoms. The molecule has 1 heterocycles. The van der Waals surface area contributed by atoms with Crippen LogP contribution in [0.4, 0.5) is 25.0 Å². The van der Waals surface area contributed by atoms with Gasteiger partial charge >= 0.3 is 6.03 Å². The van der Waals surface area contributed by atoms with E-state index in [2.05, 4.69) is 16.0 Å². The third-order valence-electron chi connectivity index (χ3n) is 3.48. The first-order chi connectivity index (χ1) is 11.0. The summed E-state index contributed by atoms with van der Waals surface area (Å²) in [6.07, 6.45) is 1.82. The third-order valence-corrected chi connectivity index (χ3v) is 3.48. The molecule has 0 aromatic heterocycles. The van der Waals surface area contributed by atoms with E-state index >= 15 is 0 Å². The monoisotopic (exact) mass is 326 g/mol. The van der Waals surface area contributed by atoms with Crippen LogP contribution in [-0.4, -0.2) is 38.1 Å². The summed E-state index contributed by atoms with van der Waals surface area (Å²) >= 11 is 0. The van der Waals surface area contributed by atoms with E-state index in [1.165, 1.54) is 6.92 Å². The largest absolute Gasteiger partial charge is 0.367 e. The highest BCUT2D eigenvalue weighted by Crippen LogP contribution is 2.29. The summed E-state index contributed by atoms with van der Waals surface area (Å²) < 4.78 is 28.2. The van der Waals surface area contributed by atoms with E-state index < -0.39 is 17.7 Å². The molecule has 2 rings (SSSR count). The van der Waals surface area contributed by atoms with Gasteiger partial charge in [-0.05, 0) is 25.0 Å². The van der Waals surface area contributed by atoms with Crippen LogP contribution in [0.1, 0.15) is 19.8 Å². The number of carbonyl (C=O) groups is 2. The SMILES string of the molecule is CC(=O)NCCNC(=O)Nc1cc(F)c(N2CCCC2)c(F)c1. The Hall–Kier alpha value is -2.38. The molecule has 3 amide bonds. The average molecular weight is 326 g/mol. The molecule has 1 aromatic rings. The van der Waals surface area contributed by atoms with Gasteiger partial charge in [0.2, 0.25) is 5.91 Å². The minimum Gasteiger partial charge on any atom is -0.367 e. The molecule has 6 nitrogen and oxygen atoms in total. The first-order valence-electron chi connectivity index (χ1n) is 7.50. The van der Waals surface area contributed by atoms with Gasteiger partial charge in [0, 0.05) is 38.8 Å². The number of rotatable bonds is 5. The minimum atomic E-state index is -0.694. The molecule has 1 saturated heterocycles. The van der Waals surface area contributed by atoms with Crippen LogP contribution in [0.25, 0.3) is 0 Å². The predicted molar refractivity (Wildman–Crippen MR) is 83.5 cm³/mol. The van der Waals surface area contributed by atoms with E-state index in [-0.39, 0.29) is 30.4 Å². The van der Waals surface area contributed by atoms with Crippen molar-refractivity contribution in [3.05, 3.63) is 23.8 Å². The molecule has 126 valence electrons. The van der Waals surface area contributed by atoms with Gasteiger partial charge in [-0.1, -0.05) is 0 Å². The van der Waals surface area contributed by atoms with Crippen LogP contribution < -0.4 is 20.9 Å². The maximum Gasteiger partial charge on any atom is 0.319 e. The Kier molecular flexibility index (Phi) is 5.72. The van der Waals surface area contributed by atoms with Crippen LogP contribution in [-0.2, 0) is 4.79 Å². The second-order valence-corrected chi connectivity index (χ2v) is 5.35. The molecule has 0 aliphatic carbocycles. The Morgan fingerprint density at radius 1 is 1.09 bits per heavy atom. The summed E-state index contributed by atoms with van der Waals surface area (Å²) in [7, 11) is 0. The van der Waals surface area contributed by atoms with Crippen molar-refractivity contribution in [1.29, 1.82) is 0 Å². The normalized spacial score (nSPS) is 13.8. The molecule has 1 aliphatic heterocycles. The van der Waals surface area contributed by atoms with E-state index in [1.807, 2.05) is 0 Å². The number of carbonyl (C=O) groups excluding carboxylic acids is 2. The zero-order valence-corrected chi connectivity index (χ0v) is 12.9. The van der Waals surface area contributed by atoms with Crippen LogP contribution in [0.5, 0.6) is 0 Å². The van der Waals surface area contributed by atoms with Gasteiger partial charge in [-0.3, -0.25) is 4.79 Å². The van der Waals surface area contributed by atoms with E-state index in [0.717, 1.165) is 25.0 Å². The Balaban J connectivity index is 1.93. The first-order valence-corrected chi connectivity index (χ1v) is 7.50. The van der Waals surface area contributed by atoms with Crippen molar-refractivity contribution in [1.82, 2.24) is 10.6 Å². The zero-order valence-electron chi connectivity index (χ0n) is 12.9. The molecule has 1 aliphatic rings. The fourth-order valence-corrected chi connectivity index (χ4v) is 2.47. The Morgan fingerprint density at radius 3 is 2.22 bits per heavy atom. The molecule has 23 heavy (non-hydrogen) atoms. The number of anilines is 2. The second kappa shape index (κ2) is 7.75. The van der Waals surface area contributed by atoms with Crippen molar-refractivity contribution >= 4 is 23.3 Å². The third kappa shape index (κ3) is 4.80. The predicted octanol–water partition coefficient (Wildman–Crippen LogP) is 1.82. The molecule has 3 N–H and O–H groups in total. The number of hydrogen-bond donors (Lipinski definition) is 3. The standard InChI is InChI=1S/C15H20F2N4O2/c1-10(22)18-4-5-19-15(23)20-11-8-12(16)14(13(17)9-11)21-6-2-3-7-21/h8-9H,2-7H2,1H3,(H,18,22)(H2,19,20,23). The zero-order chi connectivity index (χ0) is 16.8. The molecule has 0 atom stereocenters. The minimum absolute atomic E-state index is 0.0416. The number of amides is 3. The van der Waals surface area contributed by atoms with E-state index in [1.54, 1.807) is 4.90 Å². The van der Waals surface area contributed by atoms with Gasteiger partial charge in [0.25, 0.3) is 0 Å². The second-order valence-electron chi connectivity index (χ2n) is 5.35. The maximum atomic E-state index is 14.1. The lowest BCUT2D eigenvalue weighted by molar-refractivity contribution is -0.118. The summed E-state index contributed by atoms with van der Waals surface area (Å²) in [4.78, 5) is 24.0. The van der Waals surface area contributed by atoms with E-state index in [9.17, 15) is 18.4 Å². The quantitative estimate of drug-likeness (QED) is 0.723. The number of urea groups is 1. The topological polar surface area (TPSA) is 73.5 Å². The highest BCUT2D eigenvalue weighted by Gasteiger charge is 2.21. The molecule has 1 aromatic carbocycles. The molecular weight excluding hydrogens is 306 g/mol. The van der Waals surface area contributed by atoms with Gasteiger partial charge in [-0.15, -0.1) is 0 Å². The summed E-state index contributed by atoms with van der Waals surface area (Å²) in [6, 6.07) is 1.61. The van der Waals surface area contributed by atoms with Crippen molar-refractivity contribution in [3.63, 3.8) is 0 Å². The molecule has 0 saturated carbocycles. The summed E-state index contributed by atoms with van der Waals surface area (Å²) in [5.74, 6) is -1.59. The molecule has 1 fully saturated rings. The summed E-state index contributed by atoms with van der Waals surface area (Å²) in [5, 5.41) is 7.36. The maximum absolute atomic E-state index is 14.1. The molecule has 0 radical (unpaired) electrons. The van der Waals surface area contributed by atoms with Crippen LogP contribution in [0.2, 0.25) is 0 Å². The van der Waals surface area contributed by atoms with Gasteiger partial charge in [-0.2, -0.15) is 0 Å². The van der Waals surface area contributed by atoms with Crippen LogP contribution >= 0.6 is 0 Å². The van der Waals surface area contributed by atoms with Crippen LogP contribution in [0.3, 0.4) is 0 Å². The van der Waals surface area contributed by atoms with Crippen molar-refractivity contribution in [2.45, 2.75) is 19.8 Å². The molecular formula is C15H20F2N4O2. The van der Waals surface area contributed by atoms with Gasteiger partial charge in [0.1, 0.15) is 5.69 Å². The van der Waals surface area contributed by atoms with Gasteiger partial charge in [0.15, 0.2) is 11.6 Å². The molecule has 0 spiro atoms. The summed E-state index contributed by atoms with van der Waals surface area (Å²) in [6.45, 7) is 3.11. The molecule has 0 bridgehead atoms. The first kappa shape index (κ1) is 17.0. The van der Waals surface area contributed by atoms with Crippen LogP contribution in [0, 0.1) is 11.6 Å². The number of halogens is 2. The van der Waals surface area contributed by atoms with Gasteiger partial charge < -0.3 is 20.9 Å². The number of nitrogens with zero attached hydrogens (tertiary/aromatic N) is 1. The van der Waals surface area contributed by atoms with Gasteiger partial charge in [0.05, 0.1) is 0 Å². The molecule has 0 unspecified atom stereocenters. The Labute approximate surface area is 133 Å². The Morgan fingerprint density at radius 2 is 1.65 bits per heavy atom. The highest BCUT2D eigenvalue weighted by atomic mass is 19.1. The van der Waals surface area contributed by atoms with Crippen LogP contribution in [0.15, 0.2) is 12.1 Å². The van der Waals surface area contributed by atoms with Crippen molar-refractivity contribution < 1.29 is 18.4 Å². The van der Waals surface area contributed by atoms with E-state index in [0.29, 0.717) is 13.1 Å². The number of benzene rings is 1. The average Bonchev–Trinajstić information content (AvgIpc) is 2.96. The summed E-state index contributed by atoms with van der Waals surface area (Å²) in [5.41, 5.74) is -0.000842. The van der Waals surface area contributed by atoms with Gasteiger partial charge in [-0.25, -0.2) is 13.6 Å². The number of hydrogen-bond acceptors (Lipinski definition) is 3. The lowest BCUT2D eigenvalue weighted by Crippen LogP contribution is -2.36. The highest BCUT2D eigenvalue weighted by molar-refractivity contribution is 5.89. The van der Waals surface area contributed by atoms with Crippen molar-refractivity contribution in [2.75, 3.05) is 36.4 Å². The lowest BCUT2D eigenvalue weighted by atomic mass is 10.2. The smallest absolute Gasteiger partial charge is 0.319 e. The lowest BCUT2D eigenvalue weighted by Gasteiger charge is -2.20. The Bertz CT molecular complexity index is 566. The van der Waals surface area contributed by atoms with Crippen molar-refractivity contribution in [2.24, 2.45) is 0 Å². The van der Waals surface area contributed by atoms with Crippen molar-refractivity contribution in [3.8, 4) is 0 Å². The fraction of sp³-hybridized carbons (Fsp3) is 0.467. The fourth-order valence-electron chi connectivity index (χ4n) is 2.47. The van der Waals surface area contributed by atoms with E-state index in [4.69, 9.17) is 0 Å². The number of nitrogens with one attached hydrogen (secondary N) is 3.